The average molecular weight is 592 g/mol. The zero-order chi connectivity index (χ0) is 29.7. The Morgan fingerprint density at radius 1 is 1.19 bits per heavy atom. The summed E-state index contributed by atoms with van der Waals surface area (Å²) >= 11 is 0. The van der Waals surface area contributed by atoms with Crippen LogP contribution in [0.1, 0.15) is 47.0 Å². The molecule has 12 nitrogen and oxygen atoms in total. The van der Waals surface area contributed by atoms with Crippen molar-refractivity contribution in [3.8, 4) is 0 Å². The number of carbonyl (C=O) groups is 2. The predicted octanol–water partition coefficient (Wildman–Crippen LogP) is -0.0440. The molecule has 0 aromatic carbocycles. The molecular formula is C29H50FN9O3. The first-order chi connectivity index (χ1) is 20.2. The summed E-state index contributed by atoms with van der Waals surface area (Å²) in [5.41, 5.74) is 6.45. The predicted molar refractivity (Wildman–Crippen MR) is 156 cm³/mol. The first-order valence-corrected chi connectivity index (χ1v) is 16.0. The van der Waals surface area contributed by atoms with E-state index < -0.39 is 12.2 Å². The van der Waals surface area contributed by atoms with Crippen molar-refractivity contribution in [3.63, 3.8) is 0 Å². The van der Waals surface area contributed by atoms with Gasteiger partial charge in [0.1, 0.15) is 6.17 Å². The van der Waals surface area contributed by atoms with Crippen LogP contribution in [0.3, 0.4) is 0 Å². The maximum absolute atomic E-state index is 16.4. The van der Waals surface area contributed by atoms with Crippen LogP contribution in [0.25, 0.3) is 0 Å². The van der Waals surface area contributed by atoms with Crippen LogP contribution in [0, 0.1) is 11.8 Å². The number of nitrogens with one attached hydrogen (secondary N) is 5. The molecule has 0 aliphatic carbocycles. The van der Waals surface area contributed by atoms with E-state index in [1.54, 1.807) is 0 Å². The summed E-state index contributed by atoms with van der Waals surface area (Å²) in [4.78, 5) is 33.0. The molecule has 6 rings (SSSR count). The second kappa shape index (κ2) is 12.3. The molecule has 2 bridgehead atoms. The van der Waals surface area contributed by atoms with E-state index in [2.05, 4.69) is 64.2 Å². The van der Waals surface area contributed by atoms with E-state index in [9.17, 15) is 9.59 Å². The second-order valence-electron chi connectivity index (χ2n) is 13.5. The molecule has 0 spiro atoms. The number of alkyl halides is 1. The number of rotatable bonds is 3. The van der Waals surface area contributed by atoms with Crippen LogP contribution in [0.4, 0.5) is 9.18 Å². The molecule has 3 amide bonds. The number of hydrazine groups is 2. The molecule has 6 heterocycles. The van der Waals surface area contributed by atoms with Gasteiger partial charge in [-0.25, -0.2) is 19.6 Å². The minimum Gasteiger partial charge on any atom is -0.376 e. The summed E-state index contributed by atoms with van der Waals surface area (Å²) in [6.45, 7) is 16.1. The van der Waals surface area contributed by atoms with Crippen molar-refractivity contribution < 1.29 is 18.7 Å². The van der Waals surface area contributed by atoms with E-state index in [1.165, 1.54) is 6.08 Å². The van der Waals surface area contributed by atoms with E-state index in [-0.39, 0.29) is 72.4 Å². The number of nitrogens with zero attached hydrogens (tertiary/aromatic N) is 4. The van der Waals surface area contributed by atoms with Crippen molar-refractivity contribution >= 4 is 11.9 Å². The molecule has 6 aliphatic rings. The number of hydrogen-bond donors (Lipinski definition) is 5. The van der Waals surface area contributed by atoms with E-state index in [0.29, 0.717) is 32.7 Å². The molecule has 6 aliphatic heterocycles. The fourth-order valence-electron chi connectivity index (χ4n) is 8.49. The Hall–Kier alpha value is -1.87. The summed E-state index contributed by atoms with van der Waals surface area (Å²) in [5.74, 6) is -0.00177. The van der Waals surface area contributed by atoms with Crippen molar-refractivity contribution in [3.05, 3.63) is 12.7 Å². The number of piperidine rings is 2. The third-order valence-electron chi connectivity index (χ3n) is 10.5. The quantitative estimate of drug-likeness (QED) is 0.288. The van der Waals surface area contributed by atoms with Gasteiger partial charge in [-0.05, 0) is 51.6 Å². The Morgan fingerprint density at radius 2 is 2.00 bits per heavy atom. The summed E-state index contributed by atoms with van der Waals surface area (Å²) in [7, 11) is 0. The van der Waals surface area contributed by atoms with Crippen molar-refractivity contribution in [1.82, 2.24) is 46.6 Å². The van der Waals surface area contributed by atoms with Crippen LogP contribution in [0.15, 0.2) is 12.7 Å². The maximum Gasteiger partial charge on any atom is 0.320 e. The van der Waals surface area contributed by atoms with Gasteiger partial charge in [0, 0.05) is 56.8 Å². The van der Waals surface area contributed by atoms with Crippen LogP contribution < -0.4 is 26.9 Å². The lowest BCUT2D eigenvalue weighted by Gasteiger charge is -2.60. The van der Waals surface area contributed by atoms with Gasteiger partial charge in [0.05, 0.1) is 36.6 Å². The van der Waals surface area contributed by atoms with Crippen LogP contribution in [-0.4, -0.2) is 132 Å². The molecule has 0 radical (unpaired) electrons. The first-order valence-electron chi connectivity index (χ1n) is 16.0. The number of halogens is 1. The number of amides is 3. The zero-order valence-corrected chi connectivity index (χ0v) is 25.5. The molecule has 0 aromatic rings. The highest BCUT2D eigenvalue weighted by atomic mass is 19.1. The van der Waals surface area contributed by atoms with Gasteiger partial charge in [-0.15, -0.1) is 0 Å². The number of fused-ring (bicyclic) bond motifs is 5. The SMILES string of the molecule is C=CC(=O)N1C[C@H](C)N(C2NC(=O)N3C4NC(C(F)CC42)C2CNNN2CCCOC2CCNC(C(C)C)C23)C[C@H]1C. The zero-order valence-electron chi connectivity index (χ0n) is 25.5. The summed E-state index contributed by atoms with van der Waals surface area (Å²) in [6.07, 6.45) is 1.40. The van der Waals surface area contributed by atoms with Gasteiger partial charge in [-0.2, -0.15) is 5.53 Å². The Balaban J connectivity index is 1.37. The van der Waals surface area contributed by atoms with E-state index >= 15 is 4.39 Å². The minimum atomic E-state index is -1.09. The Bertz CT molecular complexity index is 1020. The van der Waals surface area contributed by atoms with Crippen LogP contribution in [0.2, 0.25) is 0 Å². The minimum absolute atomic E-state index is 0.0152. The Labute approximate surface area is 249 Å². The van der Waals surface area contributed by atoms with Crippen molar-refractivity contribution in [2.24, 2.45) is 11.8 Å². The molecule has 236 valence electrons. The molecule has 5 N–H and O–H groups in total. The van der Waals surface area contributed by atoms with E-state index in [0.717, 1.165) is 25.9 Å². The van der Waals surface area contributed by atoms with Crippen LogP contribution in [0.5, 0.6) is 0 Å². The lowest BCUT2D eigenvalue weighted by atomic mass is 9.79. The lowest BCUT2D eigenvalue weighted by Crippen LogP contribution is -2.81. The molecule has 6 fully saturated rings. The highest BCUT2D eigenvalue weighted by molar-refractivity contribution is 5.87. The van der Waals surface area contributed by atoms with Gasteiger partial charge in [0.15, 0.2) is 0 Å². The second-order valence-corrected chi connectivity index (χ2v) is 13.5. The van der Waals surface area contributed by atoms with Crippen LogP contribution in [-0.2, 0) is 9.53 Å². The monoisotopic (exact) mass is 591 g/mol. The molecule has 42 heavy (non-hydrogen) atoms. The summed E-state index contributed by atoms with van der Waals surface area (Å²) in [5, 5.41) is 12.9. The van der Waals surface area contributed by atoms with Gasteiger partial charge in [0.2, 0.25) is 5.91 Å². The fourth-order valence-corrected chi connectivity index (χ4v) is 8.49. The molecule has 6 saturated heterocycles. The van der Waals surface area contributed by atoms with E-state index in [4.69, 9.17) is 4.74 Å². The van der Waals surface area contributed by atoms with Crippen molar-refractivity contribution in [2.75, 3.05) is 39.3 Å². The third kappa shape index (κ3) is 5.35. The largest absolute Gasteiger partial charge is 0.376 e. The summed E-state index contributed by atoms with van der Waals surface area (Å²) < 4.78 is 23.0. The third-order valence-corrected chi connectivity index (χ3v) is 10.5. The summed E-state index contributed by atoms with van der Waals surface area (Å²) in [6, 6.07) is -0.883. The van der Waals surface area contributed by atoms with Gasteiger partial charge < -0.3 is 25.2 Å². The number of piperazine rings is 1. The smallest absolute Gasteiger partial charge is 0.320 e. The van der Waals surface area contributed by atoms with Crippen molar-refractivity contribution in [1.29, 1.82) is 0 Å². The maximum atomic E-state index is 16.4. The topological polar surface area (TPSA) is 116 Å². The molecule has 9 unspecified atom stereocenters. The van der Waals surface area contributed by atoms with Gasteiger partial charge >= 0.3 is 6.03 Å². The van der Waals surface area contributed by atoms with Gasteiger partial charge in [-0.1, -0.05) is 20.4 Å². The average Bonchev–Trinajstić information content (AvgIpc) is 3.43. The van der Waals surface area contributed by atoms with Gasteiger partial charge in [-0.3, -0.25) is 15.0 Å². The Morgan fingerprint density at radius 3 is 2.76 bits per heavy atom. The number of carbonyl (C=O) groups excluding carboxylic acids is 2. The highest BCUT2D eigenvalue weighted by Gasteiger charge is 2.57. The molecule has 0 saturated carbocycles. The molecule has 13 heteroatoms. The first kappa shape index (κ1) is 30.2. The Kier molecular flexibility index (Phi) is 8.80. The number of ether oxygens (including phenoxy) is 1. The number of urea groups is 1. The standard InChI is InChI=1S/C29H50FN9O3/c1-6-23(40)36-14-18(5)37(15-17(36)4)27-19-12-20(30)25-21-13-32-35-38(21)10-7-11-42-22-8-9-31-24(16(2)3)26(22)39(28(19)33-25)29(41)34-27/h6,16-22,24-28,31-33,35H,1,7-15H2,2-5H3,(H,34,41)/t17-,18+,19?,20?,21?,22?,24?,25?,26?,27?,28?/m1/s1. The van der Waals surface area contributed by atoms with Crippen LogP contribution >= 0.6 is 0 Å². The number of hydrogen-bond acceptors (Lipinski definition) is 9. The molecule has 11 atom stereocenters. The van der Waals surface area contributed by atoms with Crippen molar-refractivity contribution in [2.45, 2.75) is 108 Å². The highest BCUT2D eigenvalue weighted by Crippen LogP contribution is 2.39. The molecule has 0 aromatic heterocycles. The normalized spacial score (nSPS) is 43.6. The van der Waals surface area contributed by atoms with Gasteiger partial charge in [0.25, 0.3) is 0 Å². The lowest BCUT2D eigenvalue weighted by molar-refractivity contribution is -0.138. The molecular weight excluding hydrogens is 541 g/mol. The fraction of sp³-hybridized carbons (Fsp3) is 0.862. The van der Waals surface area contributed by atoms with E-state index in [1.807, 2.05) is 16.7 Å².